The zero-order chi connectivity index (χ0) is 8.93. The Hall–Kier alpha value is -0.930. The van der Waals surface area contributed by atoms with Crippen molar-refractivity contribution in [3.63, 3.8) is 0 Å². The summed E-state index contributed by atoms with van der Waals surface area (Å²) in [4.78, 5) is 4.28. The quantitative estimate of drug-likeness (QED) is 0.720. The van der Waals surface area contributed by atoms with E-state index in [1.54, 1.807) is 0 Å². The molecule has 1 fully saturated rings. The third-order valence-electron chi connectivity index (χ3n) is 2.18. The van der Waals surface area contributed by atoms with Crippen LogP contribution < -0.4 is 5.32 Å². The first-order chi connectivity index (χ1) is 6.45. The van der Waals surface area contributed by atoms with Crippen molar-refractivity contribution in [1.82, 2.24) is 10.3 Å². The van der Waals surface area contributed by atoms with Crippen LogP contribution in [0.2, 0.25) is 0 Å². The molecule has 0 aliphatic carbocycles. The van der Waals surface area contributed by atoms with Crippen molar-refractivity contribution < 1.29 is 4.74 Å². The molecule has 1 aliphatic heterocycles. The number of hydrogen-bond acceptors (Lipinski definition) is 3. The van der Waals surface area contributed by atoms with Gasteiger partial charge in [-0.2, -0.15) is 0 Å². The van der Waals surface area contributed by atoms with Crippen molar-refractivity contribution in [2.45, 2.75) is 12.5 Å². The van der Waals surface area contributed by atoms with Gasteiger partial charge in [0.25, 0.3) is 0 Å². The lowest BCUT2D eigenvalue weighted by atomic mass is 10.1. The molecule has 70 valence electrons. The highest BCUT2D eigenvalue weighted by molar-refractivity contribution is 5.05. The van der Waals surface area contributed by atoms with Crippen molar-refractivity contribution in [2.75, 3.05) is 19.8 Å². The van der Waals surface area contributed by atoms with E-state index >= 15 is 0 Å². The normalized spacial score (nSPS) is 22.9. The highest BCUT2D eigenvalue weighted by atomic mass is 16.5. The topological polar surface area (TPSA) is 34.1 Å². The fourth-order valence-corrected chi connectivity index (χ4v) is 1.52. The highest BCUT2D eigenvalue weighted by Crippen LogP contribution is 2.02. The Bertz CT molecular complexity index is 244. The Balaban J connectivity index is 1.90. The second kappa shape index (κ2) is 4.35. The minimum atomic E-state index is 0.434. The van der Waals surface area contributed by atoms with E-state index in [9.17, 15) is 0 Å². The molecule has 0 saturated carbocycles. The third-order valence-corrected chi connectivity index (χ3v) is 2.18. The molecule has 13 heavy (non-hydrogen) atoms. The second-order valence-electron chi connectivity index (χ2n) is 3.25. The van der Waals surface area contributed by atoms with E-state index in [4.69, 9.17) is 4.74 Å². The van der Waals surface area contributed by atoms with E-state index in [1.165, 1.54) is 0 Å². The molecule has 0 spiro atoms. The Morgan fingerprint density at radius 2 is 2.54 bits per heavy atom. The van der Waals surface area contributed by atoms with Crippen LogP contribution in [0.5, 0.6) is 0 Å². The van der Waals surface area contributed by atoms with E-state index < -0.39 is 0 Å². The van der Waals surface area contributed by atoms with E-state index in [1.807, 2.05) is 18.3 Å². The lowest BCUT2D eigenvalue weighted by Gasteiger charge is -2.23. The van der Waals surface area contributed by atoms with Crippen LogP contribution in [0, 0.1) is 0 Å². The summed E-state index contributed by atoms with van der Waals surface area (Å²) in [5, 5.41) is 3.40. The standard InChI is InChI=1S/C10H14N2O/c1-2-4-11-9(3-1)7-10-8-13-6-5-12-10/h1-4,10,12H,5-8H2. The molecule has 3 heteroatoms. The van der Waals surface area contributed by atoms with Gasteiger partial charge >= 0.3 is 0 Å². The maximum atomic E-state index is 5.36. The molecular formula is C10H14N2O. The molecule has 0 amide bonds. The average molecular weight is 178 g/mol. The summed E-state index contributed by atoms with van der Waals surface area (Å²) in [5.74, 6) is 0. The predicted octanol–water partition coefficient (Wildman–Crippen LogP) is 0.612. The molecule has 1 unspecified atom stereocenters. The molecule has 1 aliphatic rings. The van der Waals surface area contributed by atoms with Gasteiger partial charge in [0, 0.05) is 30.9 Å². The molecule has 1 aromatic heterocycles. The van der Waals surface area contributed by atoms with Gasteiger partial charge in [0.15, 0.2) is 0 Å². The first-order valence-electron chi connectivity index (χ1n) is 4.66. The molecule has 1 aromatic rings. The number of hydrogen-bond donors (Lipinski definition) is 1. The van der Waals surface area contributed by atoms with Crippen molar-refractivity contribution in [3.05, 3.63) is 30.1 Å². The fraction of sp³-hybridized carbons (Fsp3) is 0.500. The summed E-state index contributed by atoms with van der Waals surface area (Å²) in [6.07, 6.45) is 2.79. The van der Waals surface area contributed by atoms with Gasteiger partial charge < -0.3 is 10.1 Å². The van der Waals surface area contributed by atoms with Gasteiger partial charge in [-0.15, -0.1) is 0 Å². The molecule has 1 atom stereocenters. The minimum absolute atomic E-state index is 0.434. The predicted molar refractivity (Wildman–Crippen MR) is 50.6 cm³/mol. The lowest BCUT2D eigenvalue weighted by molar-refractivity contribution is 0.0767. The second-order valence-corrected chi connectivity index (χ2v) is 3.25. The van der Waals surface area contributed by atoms with Gasteiger partial charge in [0.05, 0.1) is 13.2 Å². The van der Waals surface area contributed by atoms with Gasteiger partial charge in [-0.05, 0) is 12.1 Å². The molecular weight excluding hydrogens is 164 g/mol. The molecule has 0 radical (unpaired) electrons. The summed E-state index contributed by atoms with van der Waals surface area (Å²) >= 11 is 0. The Morgan fingerprint density at radius 1 is 1.54 bits per heavy atom. The Morgan fingerprint density at radius 3 is 3.23 bits per heavy atom. The summed E-state index contributed by atoms with van der Waals surface area (Å²) < 4.78 is 5.36. The van der Waals surface area contributed by atoms with Crippen LogP contribution in [0.4, 0.5) is 0 Å². The summed E-state index contributed by atoms with van der Waals surface area (Å²) in [5.41, 5.74) is 1.13. The van der Waals surface area contributed by atoms with Gasteiger partial charge in [-0.25, -0.2) is 0 Å². The van der Waals surface area contributed by atoms with Crippen molar-refractivity contribution in [2.24, 2.45) is 0 Å². The molecule has 0 bridgehead atoms. The number of nitrogens with zero attached hydrogens (tertiary/aromatic N) is 1. The lowest BCUT2D eigenvalue weighted by Crippen LogP contribution is -2.42. The maximum absolute atomic E-state index is 5.36. The van der Waals surface area contributed by atoms with Crippen molar-refractivity contribution in [1.29, 1.82) is 0 Å². The molecule has 1 saturated heterocycles. The summed E-state index contributed by atoms with van der Waals surface area (Å²) in [6.45, 7) is 2.59. The number of ether oxygens (including phenoxy) is 1. The fourth-order valence-electron chi connectivity index (χ4n) is 1.52. The molecule has 3 nitrogen and oxygen atoms in total. The van der Waals surface area contributed by atoms with E-state index in [-0.39, 0.29) is 0 Å². The zero-order valence-corrected chi connectivity index (χ0v) is 7.57. The van der Waals surface area contributed by atoms with E-state index in [0.29, 0.717) is 6.04 Å². The van der Waals surface area contributed by atoms with Crippen molar-refractivity contribution >= 4 is 0 Å². The zero-order valence-electron chi connectivity index (χ0n) is 7.57. The number of aromatic nitrogens is 1. The SMILES string of the molecule is c1ccc(CC2COCCN2)nc1. The van der Waals surface area contributed by atoms with Crippen LogP contribution in [0.25, 0.3) is 0 Å². The first kappa shape index (κ1) is 8.66. The maximum Gasteiger partial charge on any atom is 0.0624 e. The molecule has 1 N–H and O–H groups in total. The van der Waals surface area contributed by atoms with Crippen LogP contribution >= 0.6 is 0 Å². The van der Waals surface area contributed by atoms with Crippen molar-refractivity contribution in [3.8, 4) is 0 Å². The number of rotatable bonds is 2. The minimum Gasteiger partial charge on any atom is -0.379 e. The Labute approximate surface area is 78.1 Å². The molecule has 2 heterocycles. The largest absolute Gasteiger partial charge is 0.379 e. The highest BCUT2D eigenvalue weighted by Gasteiger charge is 2.13. The summed E-state index contributed by atoms with van der Waals surface area (Å²) in [7, 11) is 0. The van der Waals surface area contributed by atoms with E-state index in [0.717, 1.165) is 31.9 Å². The average Bonchev–Trinajstić information content (AvgIpc) is 2.21. The third kappa shape index (κ3) is 2.50. The van der Waals surface area contributed by atoms with Gasteiger partial charge in [0.2, 0.25) is 0 Å². The van der Waals surface area contributed by atoms with Crippen LogP contribution in [-0.4, -0.2) is 30.8 Å². The van der Waals surface area contributed by atoms with Crippen LogP contribution in [-0.2, 0) is 11.2 Å². The van der Waals surface area contributed by atoms with Gasteiger partial charge in [-0.3, -0.25) is 4.98 Å². The summed E-state index contributed by atoms with van der Waals surface area (Å²) in [6, 6.07) is 6.44. The molecule has 0 aromatic carbocycles. The van der Waals surface area contributed by atoms with Gasteiger partial charge in [0.1, 0.15) is 0 Å². The number of nitrogens with one attached hydrogen (secondary N) is 1. The number of morpholine rings is 1. The Kier molecular flexibility index (Phi) is 2.90. The van der Waals surface area contributed by atoms with E-state index in [2.05, 4.69) is 16.4 Å². The number of pyridine rings is 1. The van der Waals surface area contributed by atoms with Crippen LogP contribution in [0.1, 0.15) is 5.69 Å². The monoisotopic (exact) mass is 178 g/mol. The van der Waals surface area contributed by atoms with Crippen LogP contribution in [0.15, 0.2) is 24.4 Å². The first-order valence-corrected chi connectivity index (χ1v) is 4.66. The smallest absolute Gasteiger partial charge is 0.0624 e. The molecule has 2 rings (SSSR count). The van der Waals surface area contributed by atoms with Crippen LogP contribution in [0.3, 0.4) is 0 Å². The van der Waals surface area contributed by atoms with Gasteiger partial charge in [-0.1, -0.05) is 6.07 Å².